The third kappa shape index (κ3) is 3.58. The van der Waals surface area contributed by atoms with Gasteiger partial charge in [0.2, 0.25) is 0 Å². The molecule has 108 valence electrons. The van der Waals surface area contributed by atoms with Crippen LogP contribution in [0.5, 0.6) is 0 Å². The summed E-state index contributed by atoms with van der Waals surface area (Å²) in [4.78, 5) is 0. The summed E-state index contributed by atoms with van der Waals surface area (Å²) in [6.45, 7) is 6.61. The zero-order chi connectivity index (χ0) is 14.3. The Kier molecular flexibility index (Phi) is 6.53. The van der Waals surface area contributed by atoms with Gasteiger partial charge in [-0.15, -0.1) is 0 Å². The van der Waals surface area contributed by atoms with Crippen molar-refractivity contribution in [3.63, 3.8) is 0 Å². The molecule has 0 aliphatic heterocycles. The Labute approximate surface area is 118 Å². The molecule has 0 aromatic heterocycles. The number of hydrogen-bond donors (Lipinski definition) is 1. The van der Waals surface area contributed by atoms with Gasteiger partial charge in [0, 0.05) is 7.11 Å². The Morgan fingerprint density at radius 3 is 2.05 bits per heavy atom. The fourth-order valence-electron chi connectivity index (χ4n) is 2.96. The minimum absolute atomic E-state index is 0.124. The summed E-state index contributed by atoms with van der Waals surface area (Å²) in [5.41, 5.74) is 2.60. The first-order chi connectivity index (χ1) is 9.17. The Morgan fingerprint density at radius 2 is 1.68 bits per heavy atom. The van der Waals surface area contributed by atoms with Crippen molar-refractivity contribution in [1.82, 2.24) is 5.32 Å². The second-order valence-electron chi connectivity index (χ2n) is 5.19. The zero-order valence-corrected chi connectivity index (χ0v) is 13.1. The van der Waals surface area contributed by atoms with E-state index in [0.29, 0.717) is 0 Å². The number of rotatable bonds is 8. The largest absolute Gasteiger partial charge is 0.376 e. The Morgan fingerprint density at radius 1 is 1.11 bits per heavy atom. The van der Waals surface area contributed by atoms with E-state index in [9.17, 15) is 0 Å². The molecule has 0 saturated carbocycles. The van der Waals surface area contributed by atoms with E-state index in [0.717, 1.165) is 19.3 Å². The predicted molar refractivity (Wildman–Crippen MR) is 82.6 cm³/mol. The van der Waals surface area contributed by atoms with Gasteiger partial charge in [0.1, 0.15) is 0 Å². The lowest BCUT2D eigenvalue weighted by molar-refractivity contribution is -0.0467. The summed E-state index contributed by atoms with van der Waals surface area (Å²) in [7, 11) is 3.84. The first-order valence-electron chi connectivity index (χ1n) is 7.48. The number of ether oxygens (including phenoxy) is 1. The average Bonchev–Trinajstić information content (AvgIpc) is 2.46. The minimum Gasteiger partial charge on any atom is -0.376 e. The Hall–Kier alpha value is -0.860. The van der Waals surface area contributed by atoms with Gasteiger partial charge < -0.3 is 10.1 Å². The second kappa shape index (κ2) is 7.66. The van der Waals surface area contributed by atoms with Crippen molar-refractivity contribution in [2.75, 3.05) is 14.2 Å². The normalized spacial score (nSPS) is 13.5. The topological polar surface area (TPSA) is 21.3 Å². The van der Waals surface area contributed by atoms with Crippen molar-refractivity contribution in [2.24, 2.45) is 0 Å². The van der Waals surface area contributed by atoms with Gasteiger partial charge in [-0.1, -0.05) is 51.5 Å². The van der Waals surface area contributed by atoms with Crippen LogP contribution in [0.25, 0.3) is 0 Å². The molecule has 1 aromatic rings. The summed E-state index contributed by atoms with van der Waals surface area (Å²) >= 11 is 0. The standard InChI is InChI=1S/C17H29NO/c1-6-9-14-10-12-15(13-11-14)16(18-4)17(7-2,8-3)19-5/h10-13,16,18H,6-9H2,1-5H3. The van der Waals surface area contributed by atoms with Crippen LogP contribution in [-0.2, 0) is 11.2 Å². The highest BCUT2D eigenvalue weighted by Crippen LogP contribution is 2.34. The molecule has 0 heterocycles. The highest BCUT2D eigenvalue weighted by Gasteiger charge is 2.35. The van der Waals surface area contributed by atoms with E-state index in [1.165, 1.54) is 17.5 Å². The Balaban J connectivity index is 3.01. The first kappa shape index (κ1) is 16.2. The Bertz CT molecular complexity index is 346. The molecule has 0 aliphatic carbocycles. The maximum absolute atomic E-state index is 5.86. The molecule has 19 heavy (non-hydrogen) atoms. The van der Waals surface area contributed by atoms with E-state index >= 15 is 0 Å². The number of benzene rings is 1. The van der Waals surface area contributed by atoms with Gasteiger partial charge in [0.05, 0.1) is 11.6 Å². The molecule has 0 radical (unpaired) electrons. The van der Waals surface area contributed by atoms with Crippen molar-refractivity contribution in [3.8, 4) is 0 Å². The van der Waals surface area contributed by atoms with Crippen molar-refractivity contribution in [1.29, 1.82) is 0 Å². The fraction of sp³-hybridized carbons (Fsp3) is 0.647. The molecule has 1 atom stereocenters. The van der Waals surface area contributed by atoms with Gasteiger partial charge >= 0.3 is 0 Å². The van der Waals surface area contributed by atoms with Gasteiger partial charge in [-0.2, -0.15) is 0 Å². The van der Waals surface area contributed by atoms with Crippen LogP contribution in [0.4, 0.5) is 0 Å². The van der Waals surface area contributed by atoms with Crippen LogP contribution < -0.4 is 5.32 Å². The van der Waals surface area contributed by atoms with Crippen LogP contribution in [-0.4, -0.2) is 19.8 Å². The summed E-state index contributed by atoms with van der Waals surface area (Å²) in [5, 5.41) is 3.44. The first-order valence-corrected chi connectivity index (χ1v) is 7.48. The van der Waals surface area contributed by atoms with E-state index in [-0.39, 0.29) is 11.6 Å². The van der Waals surface area contributed by atoms with Gasteiger partial charge in [0.25, 0.3) is 0 Å². The van der Waals surface area contributed by atoms with Crippen LogP contribution in [0, 0.1) is 0 Å². The van der Waals surface area contributed by atoms with Crippen molar-refractivity contribution < 1.29 is 4.74 Å². The van der Waals surface area contributed by atoms with Gasteiger partial charge in [-0.25, -0.2) is 0 Å². The van der Waals surface area contributed by atoms with E-state index in [4.69, 9.17) is 4.74 Å². The van der Waals surface area contributed by atoms with Gasteiger partial charge in [0.15, 0.2) is 0 Å². The van der Waals surface area contributed by atoms with Crippen LogP contribution >= 0.6 is 0 Å². The molecule has 0 amide bonds. The molecule has 0 fully saturated rings. The molecule has 1 rings (SSSR count). The smallest absolute Gasteiger partial charge is 0.0867 e. The summed E-state index contributed by atoms with van der Waals surface area (Å²) < 4.78 is 5.86. The lowest BCUT2D eigenvalue weighted by atomic mass is 9.83. The van der Waals surface area contributed by atoms with Crippen molar-refractivity contribution >= 4 is 0 Å². The molecule has 0 spiro atoms. The van der Waals surface area contributed by atoms with Crippen molar-refractivity contribution in [3.05, 3.63) is 35.4 Å². The maximum Gasteiger partial charge on any atom is 0.0867 e. The average molecular weight is 263 g/mol. The molecular formula is C17H29NO. The molecule has 2 heteroatoms. The third-order valence-electron chi connectivity index (χ3n) is 4.27. The molecule has 0 saturated heterocycles. The molecule has 2 nitrogen and oxygen atoms in total. The number of nitrogens with one attached hydrogen (secondary N) is 1. The monoisotopic (exact) mass is 263 g/mol. The SMILES string of the molecule is CCCc1ccc(C(NC)C(CC)(CC)OC)cc1. The van der Waals surface area contributed by atoms with E-state index in [2.05, 4.69) is 50.4 Å². The number of aryl methyl sites for hydroxylation is 1. The summed E-state index contributed by atoms with van der Waals surface area (Å²) in [6, 6.07) is 9.21. The predicted octanol–water partition coefficient (Wildman–Crippen LogP) is 4.10. The molecule has 1 aromatic carbocycles. The summed E-state index contributed by atoms with van der Waals surface area (Å²) in [5.74, 6) is 0. The van der Waals surface area contributed by atoms with E-state index < -0.39 is 0 Å². The maximum atomic E-state index is 5.86. The minimum atomic E-state index is -0.124. The summed E-state index contributed by atoms with van der Waals surface area (Å²) in [6.07, 6.45) is 4.35. The molecule has 0 aliphatic rings. The number of methoxy groups -OCH3 is 1. The number of likely N-dealkylation sites (N-methyl/N-ethyl adjacent to an activating group) is 1. The molecule has 1 N–H and O–H groups in total. The second-order valence-corrected chi connectivity index (χ2v) is 5.19. The van der Waals surface area contributed by atoms with Crippen LogP contribution in [0.15, 0.2) is 24.3 Å². The van der Waals surface area contributed by atoms with Gasteiger partial charge in [-0.05, 0) is 37.4 Å². The number of hydrogen-bond acceptors (Lipinski definition) is 2. The molecular weight excluding hydrogens is 234 g/mol. The highest BCUT2D eigenvalue weighted by atomic mass is 16.5. The third-order valence-corrected chi connectivity index (χ3v) is 4.27. The lowest BCUT2D eigenvalue weighted by Crippen LogP contribution is -2.43. The van der Waals surface area contributed by atoms with Crippen LogP contribution in [0.3, 0.4) is 0 Å². The highest BCUT2D eigenvalue weighted by molar-refractivity contribution is 5.27. The van der Waals surface area contributed by atoms with Crippen molar-refractivity contribution in [2.45, 2.75) is 58.1 Å². The van der Waals surface area contributed by atoms with E-state index in [1.807, 2.05) is 14.2 Å². The van der Waals surface area contributed by atoms with Crippen LogP contribution in [0.1, 0.15) is 57.2 Å². The lowest BCUT2D eigenvalue weighted by Gasteiger charge is -2.38. The van der Waals surface area contributed by atoms with E-state index in [1.54, 1.807) is 0 Å². The zero-order valence-electron chi connectivity index (χ0n) is 13.1. The fourth-order valence-corrected chi connectivity index (χ4v) is 2.96. The van der Waals surface area contributed by atoms with Crippen LogP contribution in [0.2, 0.25) is 0 Å². The molecule has 1 unspecified atom stereocenters. The quantitative estimate of drug-likeness (QED) is 0.762. The molecule has 0 bridgehead atoms. The van der Waals surface area contributed by atoms with Gasteiger partial charge in [-0.3, -0.25) is 0 Å².